The molecule has 0 spiro atoms. The van der Waals surface area contributed by atoms with E-state index in [0.29, 0.717) is 24.5 Å². The summed E-state index contributed by atoms with van der Waals surface area (Å²) in [5, 5.41) is 0.981. The van der Waals surface area contributed by atoms with Crippen molar-refractivity contribution in [3.63, 3.8) is 0 Å². The average molecular weight is 332 g/mol. The number of rotatable bonds is 7. The van der Waals surface area contributed by atoms with E-state index in [2.05, 4.69) is 20.8 Å². The van der Waals surface area contributed by atoms with Gasteiger partial charge < -0.3 is 9.64 Å². The number of amides is 1. The van der Waals surface area contributed by atoms with Crippen LogP contribution in [0.2, 0.25) is 0 Å². The Labute approximate surface area is 125 Å². The SMILES string of the molecule is O=C(CCC1CCCCO1)N(CCCBr)C1CCC1. The van der Waals surface area contributed by atoms with E-state index in [1.807, 2.05) is 0 Å². The highest BCUT2D eigenvalue weighted by molar-refractivity contribution is 9.09. The first-order valence-corrected chi connectivity index (χ1v) is 8.90. The lowest BCUT2D eigenvalue weighted by Crippen LogP contribution is -2.45. The molecule has 1 saturated carbocycles. The first-order valence-electron chi connectivity index (χ1n) is 7.78. The molecule has 1 aliphatic heterocycles. The zero-order chi connectivity index (χ0) is 13.5. The smallest absolute Gasteiger partial charge is 0.222 e. The second-order valence-electron chi connectivity index (χ2n) is 5.74. The fourth-order valence-electron chi connectivity index (χ4n) is 2.90. The van der Waals surface area contributed by atoms with E-state index in [0.717, 1.165) is 37.7 Å². The number of alkyl halides is 1. The van der Waals surface area contributed by atoms with Crippen molar-refractivity contribution in [3.8, 4) is 0 Å². The number of carbonyl (C=O) groups excluding carboxylic acids is 1. The number of halogens is 1. The topological polar surface area (TPSA) is 29.5 Å². The predicted molar refractivity (Wildman–Crippen MR) is 80.6 cm³/mol. The van der Waals surface area contributed by atoms with Gasteiger partial charge in [-0.25, -0.2) is 0 Å². The molecule has 110 valence electrons. The highest BCUT2D eigenvalue weighted by atomic mass is 79.9. The van der Waals surface area contributed by atoms with Crippen LogP contribution in [-0.4, -0.2) is 41.4 Å². The summed E-state index contributed by atoms with van der Waals surface area (Å²) in [6, 6.07) is 0.527. The zero-order valence-corrected chi connectivity index (χ0v) is 13.4. The van der Waals surface area contributed by atoms with E-state index in [4.69, 9.17) is 4.74 Å². The van der Waals surface area contributed by atoms with Crippen LogP contribution in [0.5, 0.6) is 0 Å². The Balaban J connectivity index is 1.73. The third-order valence-electron chi connectivity index (χ3n) is 4.32. The van der Waals surface area contributed by atoms with Crippen LogP contribution in [0, 0.1) is 0 Å². The minimum absolute atomic E-state index is 0.331. The van der Waals surface area contributed by atoms with Crippen molar-refractivity contribution in [1.29, 1.82) is 0 Å². The van der Waals surface area contributed by atoms with E-state index in [1.165, 1.54) is 32.1 Å². The summed E-state index contributed by atoms with van der Waals surface area (Å²) in [5.74, 6) is 0.347. The quantitative estimate of drug-likeness (QED) is 0.668. The predicted octanol–water partition coefficient (Wildman–Crippen LogP) is 3.50. The molecule has 1 heterocycles. The van der Waals surface area contributed by atoms with E-state index in [-0.39, 0.29) is 0 Å². The molecule has 0 radical (unpaired) electrons. The Bertz CT molecular complexity index is 275. The molecule has 0 aromatic rings. The van der Waals surface area contributed by atoms with Gasteiger partial charge in [0, 0.05) is 30.9 Å². The molecule has 1 amide bonds. The Morgan fingerprint density at radius 1 is 1.21 bits per heavy atom. The first-order chi connectivity index (χ1) is 9.31. The minimum Gasteiger partial charge on any atom is -0.378 e. The largest absolute Gasteiger partial charge is 0.378 e. The third-order valence-corrected chi connectivity index (χ3v) is 4.88. The lowest BCUT2D eigenvalue weighted by molar-refractivity contribution is -0.136. The van der Waals surface area contributed by atoms with Crippen LogP contribution in [0.4, 0.5) is 0 Å². The normalized spacial score (nSPS) is 23.9. The van der Waals surface area contributed by atoms with Crippen molar-refractivity contribution in [2.24, 2.45) is 0 Å². The van der Waals surface area contributed by atoms with Gasteiger partial charge in [-0.2, -0.15) is 0 Å². The summed E-state index contributed by atoms with van der Waals surface area (Å²) in [5.41, 5.74) is 0. The molecule has 2 fully saturated rings. The van der Waals surface area contributed by atoms with Gasteiger partial charge in [-0.3, -0.25) is 4.79 Å². The van der Waals surface area contributed by atoms with Crippen LogP contribution in [0.3, 0.4) is 0 Å². The third kappa shape index (κ3) is 4.75. The molecule has 0 aromatic heterocycles. The fraction of sp³-hybridized carbons (Fsp3) is 0.933. The first kappa shape index (κ1) is 15.3. The van der Waals surface area contributed by atoms with Gasteiger partial charge in [0.15, 0.2) is 0 Å². The standard InChI is InChI=1S/C15H26BrNO2/c16-10-4-11-17(13-5-3-6-13)15(18)9-8-14-7-1-2-12-19-14/h13-14H,1-12H2. The molecular formula is C15H26BrNO2. The van der Waals surface area contributed by atoms with E-state index >= 15 is 0 Å². The summed E-state index contributed by atoms with van der Waals surface area (Å²) >= 11 is 3.46. The van der Waals surface area contributed by atoms with E-state index in [9.17, 15) is 4.79 Å². The van der Waals surface area contributed by atoms with Gasteiger partial charge >= 0.3 is 0 Å². The molecule has 1 aliphatic carbocycles. The molecule has 2 rings (SSSR count). The van der Waals surface area contributed by atoms with Gasteiger partial charge in [-0.05, 0) is 51.4 Å². The molecule has 1 unspecified atom stereocenters. The summed E-state index contributed by atoms with van der Waals surface area (Å²) in [4.78, 5) is 14.5. The monoisotopic (exact) mass is 331 g/mol. The van der Waals surface area contributed by atoms with E-state index < -0.39 is 0 Å². The van der Waals surface area contributed by atoms with Gasteiger partial charge in [0.2, 0.25) is 5.91 Å². The van der Waals surface area contributed by atoms with Crippen LogP contribution in [0.15, 0.2) is 0 Å². The molecule has 0 aromatic carbocycles. The summed E-state index contributed by atoms with van der Waals surface area (Å²) in [7, 11) is 0. The highest BCUT2D eigenvalue weighted by Crippen LogP contribution is 2.26. The maximum absolute atomic E-state index is 12.4. The molecule has 19 heavy (non-hydrogen) atoms. The van der Waals surface area contributed by atoms with Crippen LogP contribution < -0.4 is 0 Å². The maximum atomic E-state index is 12.4. The van der Waals surface area contributed by atoms with Gasteiger partial charge in [0.1, 0.15) is 0 Å². The van der Waals surface area contributed by atoms with Crippen LogP contribution in [0.25, 0.3) is 0 Å². The summed E-state index contributed by atoms with van der Waals surface area (Å²) < 4.78 is 5.71. The van der Waals surface area contributed by atoms with E-state index in [1.54, 1.807) is 0 Å². The van der Waals surface area contributed by atoms with Crippen LogP contribution >= 0.6 is 15.9 Å². The number of hydrogen-bond donors (Lipinski definition) is 0. The molecule has 1 atom stereocenters. The van der Waals surface area contributed by atoms with Crippen molar-refractivity contribution in [2.75, 3.05) is 18.5 Å². The molecule has 4 heteroatoms. The van der Waals surface area contributed by atoms with Crippen molar-refractivity contribution >= 4 is 21.8 Å². The Morgan fingerprint density at radius 3 is 2.63 bits per heavy atom. The van der Waals surface area contributed by atoms with Crippen LogP contribution in [-0.2, 0) is 9.53 Å². The Kier molecular flexibility index (Phi) is 6.65. The summed E-state index contributed by atoms with van der Waals surface area (Å²) in [6.45, 7) is 1.80. The molecule has 1 saturated heterocycles. The van der Waals surface area contributed by atoms with Crippen molar-refractivity contribution in [2.45, 2.75) is 69.9 Å². The number of nitrogens with zero attached hydrogens (tertiary/aromatic N) is 1. The molecule has 0 N–H and O–H groups in total. The number of carbonyl (C=O) groups is 1. The second-order valence-corrected chi connectivity index (χ2v) is 6.53. The molecule has 2 aliphatic rings. The highest BCUT2D eigenvalue weighted by Gasteiger charge is 2.28. The summed E-state index contributed by atoms with van der Waals surface area (Å²) in [6.07, 6.45) is 10.2. The number of ether oxygens (including phenoxy) is 1. The van der Waals surface area contributed by atoms with Crippen molar-refractivity contribution < 1.29 is 9.53 Å². The Morgan fingerprint density at radius 2 is 2.05 bits per heavy atom. The number of hydrogen-bond acceptors (Lipinski definition) is 2. The molecule has 3 nitrogen and oxygen atoms in total. The van der Waals surface area contributed by atoms with Crippen molar-refractivity contribution in [3.05, 3.63) is 0 Å². The van der Waals surface area contributed by atoms with Gasteiger partial charge in [0.25, 0.3) is 0 Å². The van der Waals surface area contributed by atoms with Crippen molar-refractivity contribution in [1.82, 2.24) is 4.90 Å². The minimum atomic E-state index is 0.331. The fourth-order valence-corrected chi connectivity index (χ4v) is 3.15. The second kappa shape index (κ2) is 8.25. The zero-order valence-electron chi connectivity index (χ0n) is 11.8. The maximum Gasteiger partial charge on any atom is 0.222 e. The van der Waals surface area contributed by atoms with Crippen LogP contribution in [0.1, 0.15) is 57.8 Å². The van der Waals surface area contributed by atoms with Gasteiger partial charge in [-0.15, -0.1) is 0 Å². The lowest BCUT2D eigenvalue weighted by Gasteiger charge is -2.38. The molecular weight excluding hydrogens is 306 g/mol. The van der Waals surface area contributed by atoms with Gasteiger partial charge in [-0.1, -0.05) is 15.9 Å². The Hall–Kier alpha value is -0.0900. The van der Waals surface area contributed by atoms with Gasteiger partial charge in [0.05, 0.1) is 6.10 Å². The lowest BCUT2D eigenvalue weighted by atomic mass is 9.91. The molecule has 0 bridgehead atoms. The average Bonchev–Trinajstić information content (AvgIpc) is 2.39.